The number of halogens is 1. The molecule has 0 aromatic carbocycles. The highest BCUT2D eigenvalue weighted by atomic mass is 35.6. The average molecular weight is 195 g/mol. The number of hydrogen-bond acceptors (Lipinski definition) is 2. The van der Waals surface area contributed by atoms with Crippen LogP contribution in [0.2, 0.25) is 6.04 Å². The van der Waals surface area contributed by atoms with Gasteiger partial charge in [0.05, 0.1) is 0 Å². The van der Waals surface area contributed by atoms with Crippen molar-refractivity contribution in [2.24, 2.45) is 0 Å². The van der Waals surface area contributed by atoms with Gasteiger partial charge in [0, 0.05) is 0 Å². The molecule has 0 aliphatic carbocycles. The Kier molecular flexibility index (Phi) is 5.34. The van der Waals surface area contributed by atoms with Crippen LogP contribution >= 0.6 is 11.1 Å². The fraction of sp³-hybridized carbons (Fsp3) is 1.00. The van der Waals surface area contributed by atoms with Crippen LogP contribution in [-0.4, -0.2) is 32.4 Å². The van der Waals surface area contributed by atoms with Gasteiger partial charge in [-0.2, -0.15) is 0 Å². The van der Waals surface area contributed by atoms with E-state index in [-0.39, 0.29) is 0 Å². The van der Waals surface area contributed by atoms with Crippen molar-refractivity contribution < 1.29 is 0 Å². The molecule has 0 bridgehead atoms. The summed E-state index contributed by atoms with van der Waals surface area (Å²) in [7, 11) is 0.188. The van der Waals surface area contributed by atoms with Crippen LogP contribution in [0.15, 0.2) is 0 Å². The summed E-state index contributed by atoms with van der Waals surface area (Å²) in [6.07, 6.45) is 0. The molecule has 4 heteroatoms. The summed E-state index contributed by atoms with van der Waals surface area (Å²) < 4.78 is 2.34. The molecule has 11 heavy (non-hydrogen) atoms. The quantitative estimate of drug-likeness (QED) is 0.530. The maximum atomic E-state index is 6.43. The zero-order valence-electron chi connectivity index (χ0n) is 7.95. The summed E-state index contributed by atoms with van der Waals surface area (Å²) in [6, 6.07) is 1.05. The summed E-state index contributed by atoms with van der Waals surface area (Å²) >= 11 is 6.43. The highest BCUT2D eigenvalue weighted by molar-refractivity contribution is 7.17. The van der Waals surface area contributed by atoms with Gasteiger partial charge in [0.1, 0.15) is 0 Å². The Morgan fingerprint density at radius 3 is 1.82 bits per heavy atom. The molecule has 1 N–H and O–H groups in total. The van der Waals surface area contributed by atoms with E-state index >= 15 is 0 Å². The van der Waals surface area contributed by atoms with Gasteiger partial charge in [0.15, 0.2) is 0 Å². The Morgan fingerprint density at radius 2 is 1.73 bits per heavy atom. The second-order valence-corrected chi connectivity index (χ2v) is 7.77. The smallest absolute Gasteiger partial charge is 0.304 e. The summed E-state index contributed by atoms with van der Waals surface area (Å²) in [5, 5.41) is 0. The molecule has 0 aromatic heterocycles. The minimum Gasteiger partial charge on any atom is -0.316 e. The fourth-order valence-electron chi connectivity index (χ4n) is 1.28. The normalized spacial score (nSPS) is 16.9. The molecule has 0 saturated carbocycles. The molecule has 0 aliphatic heterocycles. The Balaban J connectivity index is 4.19. The van der Waals surface area contributed by atoms with E-state index in [2.05, 4.69) is 30.3 Å². The fourth-order valence-corrected chi connectivity index (χ4v) is 4.12. The lowest BCUT2D eigenvalue weighted by atomic mass is 10.7. The highest BCUT2D eigenvalue weighted by Crippen LogP contribution is 2.15. The van der Waals surface area contributed by atoms with E-state index in [1.165, 1.54) is 0 Å². The molecule has 2 nitrogen and oxygen atoms in total. The first-order valence-electron chi connectivity index (χ1n) is 4.27. The Morgan fingerprint density at radius 1 is 1.27 bits per heavy atom. The van der Waals surface area contributed by atoms with Crippen LogP contribution in [0.3, 0.4) is 0 Å². The molecule has 0 amide bonds. The maximum absolute atomic E-state index is 6.43. The first-order valence-corrected chi connectivity index (χ1v) is 7.44. The molecule has 0 saturated heterocycles. The van der Waals surface area contributed by atoms with Crippen LogP contribution in [0.5, 0.6) is 0 Å². The lowest BCUT2D eigenvalue weighted by Gasteiger charge is -2.33. The molecule has 1 unspecified atom stereocenters. The number of nitrogens with one attached hydrogen (secondary N) is 1. The monoisotopic (exact) mass is 194 g/mol. The molecule has 0 fully saturated rings. The second kappa shape index (κ2) is 5.14. The van der Waals surface area contributed by atoms with Gasteiger partial charge in [-0.05, 0) is 26.2 Å². The predicted octanol–water partition coefficient (Wildman–Crippen LogP) is 1.75. The molecule has 0 heterocycles. The molecule has 0 aromatic rings. The Hall–Kier alpha value is 0.427. The standard InChI is InChI=1S/C7H19ClN2Si/c1-5-10(6-2)11(8,7-3)9-4/h9H,5-7H2,1-4H3. The summed E-state index contributed by atoms with van der Waals surface area (Å²) in [4.78, 5) is 3.26. The van der Waals surface area contributed by atoms with E-state index in [0.717, 1.165) is 19.1 Å². The van der Waals surface area contributed by atoms with E-state index < -0.39 is 7.71 Å². The van der Waals surface area contributed by atoms with Crippen LogP contribution in [0, 0.1) is 0 Å². The van der Waals surface area contributed by atoms with E-state index in [0.29, 0.717) is 0 Å². The van der Waals surface area contributed by atoms with Crippen LogP contribution in [0.25, 0.3) is 0 Å². The van der Waals surface area contributed by atoms with Gasteiger partial charge in [0.25, 0.3) is 0 Å². The van der Waals surface area contributed by atoms with Gasteiger partial charge in [-0.15, -0.1) is 11.1 Å². The van der Waals surface area contributed by atoms with Gasteiger partial charge in [-0.25, -0.2) is 0 Å². The third kappa shape index (κ3) is 2.74. The molecule has 0 aliphatic rings. The number of hydrogen-bond donors (Lipinski definition) is 1. The van der Waals surface area contributed by atoms with Crippen LogP contribution in [0.1, 0.15) is 20.8 Å². The van der Waals surface area contributed by atoms with Crippen molar-refractivity contribution in [3.05, 3.63) is 0 Å². The Labute approximate surface area is 75.8 Å². The van der Waals surface area contributed by atoms with Crippen molar-refractivity contribution in [3.63, 3.8) is 0 Å². The molecule has 0 spiro atoms. The van der Waals surface area contributed by atoms with Crippen LogP contribution < -0.4 is 4.98 Å². The van der Waals surface area contributed by atoms with Crippen LogP contribution in [0.4, 0.5) is 0 Å². The SMILES string of the molecule is CCN(CC)[Si](Cl)(CC)NC. The van der Waals surface area contributed by atoms with Gasteiger partial charge in [-0.1, -0.05) is 20.8 Å². The second-order valence-electron chi connectivity index (χ2n) is 2.54. The molecular formula is C7H19ClN2Si. The largest absolute Gasteiger partial charge is 0.316 e. The third-order valence-electron chi connectivity index (χ3n) is 2.12. The first kappa shape index (κ1) is 11.4. The van der Waals surface area contributed by atoms with Crippen molar-refractivity contribution in [1.82, 2.24) is 9.55 Å². The van der Waals surface area contributed by atoms with Crippen molar-refractivity contribution in [2.45, 2.75) is 26.8 Å². The van der Waals surface area contributed by atoms with Gasteiger partial charge >= 0.3 is 7.71 Å². The average Bonchev–Trinajstić information content (AvgIpc) is 2.06. The first-order chi connectivity index (χ1) is 5.14. The van der Waals surface area contributed by atoms with Gasteiger partial charge in [0.2, 0.25) is 0 Å². The highest BCUT2D eigenvalue weighted by Gasteiger charge is 2.33. The predicted molar refractivity (Wildman–Crippen MR) is 54.1 cm³/mol. The zero-order chi connectivity index (χ0) is 8.91. The minimum atomic E-state index is -1.77. The number of nitrogens with zero attached hydrogens (tertiary/aromatic N) is 1. The van der Waals surface area contributed by atoms with E-state index in [1.807, 2.05) is 7.05 Å². The summed E-state index contributed by atoms with van der Waals surface area (Å²) in [5.41, 5.74) is 0. The lowest BCUT2D eigenvalue weighted by molar-refractivity contribution is 0.463. The van der Waals surface area contributed by atoms with E-state index in [9.17, 15) is 0 Å². The molecule has 0 radical (unpaired) electrons. The van der Waals surface area contributed by atoms with Gasteiger partial charge in [-0.3, -0.25) is 0 Å². The summed E-state index contributed by atoms with van der Waals surface area (Å²) in [5.74, 6) is 0. The van der Waals surface area contributed by atoms with Crippen molar-refractivity contribution in [2.75, 3.05) is 20.1 Å². The molecule has 1 atom stereocenters. The van der Waals surface area contributed by atoms with Gasteiger partial charge < -0.3 is 9.55 Å². The number of rotatable bonds is 5. The van der Waals surface area contributed by atoms with Crippen molar-refractivity contribution in [1.29, 1.82) is 0 Å². The molecule has 0 rings (SSSR count). The van der Waals surface area contributed by atoms with E-state index in [1.54, 1.807) is 0 Å². The topological polar surface area (TPSA) is 15.3 Å². The Bertz CT molecular complexity index is 103. The maximum Gasteiger partial charge on any atom is 0.304 e. The minimum absolute atomic E-state index is 1.04. The molecular weight excluding hydrogens is 176 g/mol. The van der Waals surface area contributed by atoms with Crippen molar-refractivity contribution in [3.8, 4) is 0 Å². The zero-order valence-corrected chi connectivity index (χ0v) is 9.70. The van der Waals surface area contributed by atoms with Crippen molar-refractivity contribution >= 4 is 18.8 Å². The summed E-state index contributed by atoms with van der Waals surface area (Å²) in [6.45, 7) is 8.54. The van der Waals surface area contributed by atoms with E-state index in [4.69, 9.17) is 11.1 Å². The van der Waals surface area contributed by atoms with Crippen LogP contribution in [-0.2, 0) is 0 Å². The lowest BCUT2D eigenvalue weighted by Crippen LogP contribution is -2.58. The third-order valence-corrected chi connectivity index (χ3v) is 7.54. The molecule has 68 valence electrons.